The molecule has 19 heavy (non-hydrogen) atoms. The van der Waals surface area contributed by atoms with Crippen LogP contribution in [0.3, 0.4) is 0 Å². The number of nitrogens with zero attached hydrogens (tertiary/aromatic N) is 1. The molecule has 1 fully saturated rings. The first kappa shape index (κ1) is 13.3. The Hall–Kier alpha value is -2.15. The lowest BCUT2D eigenvalue weighted by Gasteiger charge is -2.32. The summed E-state index contributed by atoms with van der Waals surface area (Å²) < 4.78 is 5.13. The minimum Gasteiger partial charge on any atom is -0.478 e. The molecule has 7 nitrogen and oxygen atoms in total. The fourth-order valence-electron chi connectivity index (χ4n) is 2.11. The van der Waals surface area contributed by atoms with E-state index in [1.807, 2.05) is 6.92 Å². The van der Waals surface area contributed by atoms with Crippen molar-refractivity contribution >= 4 is 17.8 Å². The molecule has 102 valence electrons. The molecule has 1 aromatic heterocycles. The number of carbonyl (C=O) groups is 3. The molecule has 1 aromatic rings. The van der Waals surface area contributed by atoms with E-state index in [1.54, 1.807) is 4.90 Å². The van der Waals surface area contributed by atoms with Crippen LogP contribution < -0.4 is 5.32 Å². The molecule has 1 aliphatic rings. The molecule has 0 aromatic carbocycles. The summed E-state index contributed by atoms with van der Waals surface area (Å²) in [6.45, 7) is 2.16. The van der Waals surface area contributed by atoms with Crippen LogP contribution >= 0.6 is 0 Å². The molecule has 7 heteroatoms. The molecule has 0 aliphatic carbocycles. The third kappa shape index (κ3) is 2.82. The Morgan fingerprint density at radius 3 is 2.89 bits per heavy atom. The van der Waals surface area contributed by atoms with Gasteiger partial charge in [0.05, 0.1) is 24.7 Å². The normalized spacial score (nSPS) is 20.4. The average molecular weight is 266 g/mol. The van der Waals surface area contributed by atoms with Crippen molar-refractivity contribution in [2.24, 2.45) is 0 Å². The summed E-state index contributed by atoms with van der Waals surface area (Å²) in [6.07, 6.45) is 1.70. The van der Waals surface area contributed by atoms with Gasteiger partial charge in [-0.15, -0.1) is 0 Å². The van der Waals surface area contributed by atoms with E-state index in [-0.39, 0.29) is 30.5 Å². The molecule has 1 aliphatic heterocycles. The number of aromatic carboxylic acids is 1. The number of hydrogen-bond donors (Lipinski definition) is 2. The number of hydrogen-bond acceptors (Lipinski definition) is 5. The Morgan fingerprint density at radius 2 is 2.32 bits per heavy atom. The summed E-state index contributed by atoms with van der Waals surface area (Å²) >= 11 is 0. The molecular weight excluding hydrogens is 252 g/mol. The SMILES string of the molecule is CCC1C(=O)NC(=O)CN1Cc1cc(C(=O)O)co1. The van der Waals surface area contributed by atoms with Crippen LogP contribution in [-0.4, -0.2) is 40.4 Å². The van der Waals surface area contributed by atoms with Crippen LogP contribution in [0.4, 0.5) is 0 Å². The number of imide groups is 1. The van der Waals surface area contributed by atoms with Crippen LogP contribution in [0, 0.1) is 0 Å². The second-order valence-electron chi connectivity index (χ2n) is 4.35. The minimum atomic E-state index is -1.07. The van der Waals surface area contributed by atoms with Gasteiger partial charge in [0.2, 0.25) is 11.8 Å². The van der Waals surface area contributed by atoms with Crippen molar-refractivity contribution in [3.8, 4) is 0 Å². The first-order chi connectivity index (χ1) is 9.01. The van der Waals surface area contributed by atoms with E-state index in [0.29, 0.717) is 12.2 Å². The number of amides is 2. The van der Waals surface area contributed by atoms with Gasteiger partial charge in [-0.3, -0.25) is 19.8 Å². The molecule has 2 heterocycles. The van der Waals surface area contributed by atoms with Crippen LogP contribution in [-0.2, 0) is 16.1 Å². The van der Waals surface area contributed by atoms with Crippen LogP contribution in [0.15, 0.2) is 16.7 Å². The standard InChI is InChI=1S/C12H14N2O5/c1-2-9-11(16)13-10(15)5-14(9)4-8-3-7(6-19-8)12(17)18/h3,6,9H,2,4-5H2,1H3,(H,17,18)(H,13,15,16). The largest absolute Gasteiger partial charge is 0.478 e. The fraction of sp³-hybridized carbons (Fsp3) is 0.417. The van der Waals surface area contributed by atoms with Crippen LogP contribution in [0.5, 0.6) is 0 Å². The van der Waals surface area contributed by atoms with Crippen molar-refractivity contribution in [3.63, 3.8) is 0 Å². The van der Waals surface area contributed by atoms with E-state index in [1.165, 1.54) is 6.07 Å². The van der Waals surface area contributed by atoms with Crippen molar-refractivity contribution in [3.05, 3.63) is 23.7 Å². The Bertz CT molecular complexity index is 522. The van der Waals surface area contributed by atoms with E-state index in [9.17, 15) is 14.4 Å². The van der Waals surface area contributed by atoms with Crippen molar-refractivity contribution in [2.75, 3.05) is 6.54 Å². The molecule has 2 amide bonds. The van der Waals surface area contributed by atoms with Crippen LogP contribution in [0.25, 0.3) is 0 Å². The Balaban J connectivity index is 2.12. The van der Waals surface area contributed by atoms with Crippen molar-refractivity contribution in [2.45, 2.75) is 25.9 Å². The Labute approximate surface area is 109 Å². The zero-order valence-electron chi connectivity index (χ0n) is 10.4. The molecule has 1 atom stereocenters. The lowest BCUT2D eigenvalue weighted by atomic mass is 10.1. The zero-order chi connectivity index (χ0) is 14.0. The number of rotatable bonds is 4. The predicted molar refractivity (Wildman–Crippen MR) is 63.3 cm³/mol. The summed E-state index contributed by atoms with van der Waals surface area (Å²) in [5, 5.41) is 11.1. The summed E-state index contributed by atoms with van der Waals surface area (Å²) in [5.74, 6) is -1.35. The van der Waals surface area contributed by atoms with Crippen molar-refractivity contribution < 1.29 is 23.9 Å². The number of nitrogens with one attached hydrogen (secondary N) is 1. The van der Waals surface area contributed by atoms with Gasteiger partial charge >= 0.3 is 5.97 Å². The first-order valence-electron chi connectivity index (χ1n) is 5.89. The third-order valence-electron chi connectivity index (χ3n) is 3.00. The summed E-state index contributed by atoms with van der Waals surface area (Å²) in [6, 6.07) is 0.988. The predicted octanol–water partition coefficient (Wildman–Crippen LogP) is 0.215. The van der Waals surface area contributed by atoms with Gasteiger partial charge in [0, 0.05) is 0 Å². The summed E-state index contributed by atoms with van der Waals surface area (Å²) in [7, 11) is 0. The van der Waals surface area contributed by atoms with Gasteiger partial charge in [-0.25, -0.2) is 4.79 Å². The van der Waals surface area contributed by atoms with E-state index in [4.69, 9.17) is 9.52 Å². The smallest absolute Gasteiger partial charge is 0.338 e. The van der Waals surface area contributed by atoms with Gasteiger partial charge in [-0.2, -0.15) is 0 Å². The van der Waals surface area contributed by atoms with Crippen molar-refractivity contribution in [1.82, 2.24) is 10.2 Å². The highest BCUT2D eigenvalue weighted by molar-refractivity contribution is 6.01. The highest BCUT2D eigenvalue weighted by atomic mass is 16.4. The van der Waals surface area contributed by atoms with E-state index in [0.717, 1.165) is 6.26 Å². The molecule has 0 saturated carbocycles. The molecule has 1 unspecified atom stereocenters. The average Bonchev–Trinajstić information content (AvgIpc) is 2.77. The van der Waals surface area contributed by atoms with Crippen LogP contribution in [0.2, 0.25) is 0 Å². The van der Waals surface area contributed by atoms with Crippen molar-refractivity contribution in [1.29, 1.82) is 0 Å². The number of piperazine rings is 1. The number of carbonyl (C=O) groups excluding carboxylic acids is 2. The zero-order valence-corrected chi connectivity index (χ0v) is 10.4. The minimum absolute atomic E-state index is 0.0517. The van der Waals surface area contributed by atoms with E-state index < -0.39 is 12.0 Å². The topological polar surface area (TPSA) is 99.9 Å². The quantitative estimate of drug-likeness (QED) is 0.756. The second kappa shape index (κ2) is 5.23. The van der Waals surface area contributed by atoms with Gasteiger partial charge in [0.15, 0.2) is 0 Å². The Morgan fingerprint density at radius 1 is 1.58 bits per heavy atom. The van der Waals surface area contributed by atoms with Gasteiger partial charge < -0.3 is 9.52 Å². The maximum atomic E-state index is 11.7. The first-order valence-corrected chi connectivity index (χ1v) is 5.89. The number of carboxylic acid groups (broad SMARTS) is 1. The highest BCUT2D eigenvalue weighted by Gasteiger charge is 2.32. The van der Waals surface area contributed by atoms with E-state index in [2.05, 4.69) is 5.32 Å². The summed E-state index contributed by atoms with van der Waals surface area (Å²) in [4.78, 5) is 35.4. The fourth-order valence-corrected chi connectivity index (χ4v) is 2.11. The number of carboxylic acids is 1. The molecule has 0 bridgehead atoms. The van der Waals surface area contributed by atoms with Crippen LogP contribution in [0.1, 0.15) is 29.5 Å². The summed E-state index contributed by atoms with van der Waals surface area (Å²) in [5.41, 5.74) is 0.0517. The highest BCUT2D eigenvalue weighted by Crippen LogP contribution is 2.16. The van der Waals surface area contributed by atoms with Gasteiger partial charge in [0.25, 0.3) is 0 Å². The molecular formula is C12H14N2O5. The Kier molecular flexibility index (Phi) is 3.66. The molecule has 2 rings (SSSR count). The monoisotopic (exact) mass is 266 g/mol. The maximum absolute atomic E-state index is 11.7. The molecule has 2 N–H and O–H groups in total. The molecule has 0 radical (unpaired) electrons. The van der Waals surface area contributed by atoms with Gasteiger partial charge in [-0.05, 0) is 12.5 Å². The maximum Gasteiger partial charge on any atom is 0.338 e. The number of furan rings is 1. The molecule has 1 saturated heterocycles. The third-order valence-corrected chi connectivity index (χ3v) is 3.00. The lowest BCUT2D eigenvalue weighted by molar-refractivity contribution is -0.140. The lowest BCUT2D eigenvalue weighted by Crippen LogP contribution is -2.57. The second-order valence-corrected chi connectivity index (χ2v) is 4.35. The molecule has 0 spiro atoms. The van der Waals surface area contributed by atoms with Gasteiger partial charge in [-0.1, -0.05) is 6.92 Å². The van der Waals surface area contributed by atoms with E-state index >= 15 is 0 Å². The van der Waals surface area contributed by atoms with Gasteiger partial charge in [0.1, 0.15) is 12.0 Å².